The van der Waals surface area contributed by atoms with Crippen molar-refractivity contribution in [3.63, 3.8) is 0 Å². The number of aliphatic hydroxyl groups is 4. The molecule has 5 nitrogen and oxygen atoms in total. The number of aliphatic hydroxyl groups excluding tert-OH is 3. The van der Waals surface area contributed by atoms with Gasteiger partial charge in [0.25, 0.3) is 0 Å². The van der Waals surface area contributed by atoms with Crippen LogP contribution in [0.1, 0.15) is 65.2 Å². The number of carbonyl (C=O) groups is 1. The fraction of sp³-hybridized carbons (Fsp3) is 0.952. The van der Waals surface area contributed by atoms with Crippen molar-refractivity contribution < 1.29 is 25.2 Å². The molecule has 0 aromatic carbocycles. The fourth-order valence-electron chi connectivity index (χ4n) is 7.95. The predicted molar refractivity (Wildman–Crippen MR) is 96.2 cm³/mol. The average molecular weight is 366 g/mol. The monoisotopic (exact) mass is 366 g/mol. The smallest absolute Gasteiger partial charge is 0.190 e. The molecule has 26 heavy (non-hydrogen) atoms. The molecule has 0 aliphatic heterocycles. The highest BCUT2D eigenvalue weighted by Gasteiger charge is 2.68. The lowest BCUT2D eigenvalue weighted by Gasteiger charge is -2.62. The van der Waals surface area contributed by atoms with Gasteiger partial charge in [-0.1, -0.05) is 13.8 Å². The molecule has 0 saturated heterocycles. The van der Waals surface area contributed by atoms with Gasteiger partial charge in [-0.3, -0.25) is 4.79 Å². The molecule has 9 atom stereocenters. The Bertz CT molecular complexity index is 593. The van der Waals surface area contributed by atoms with Crippen LogP contribution in [0.15, 0.2) is 0 Å². The molecule has 5 heteroatoms. The van der Waals surface area contributed by atoms with Crippen molar-refractivity contribution in [3.05, 3.63) is 0 Å². The van der Waals surface area contributed by atoms with Crippen LogP contribution in [0.2, 0.25) is 0 Å². The van der Waals surface area contributed by atoms with Crippen LogP contribution in [-0.2, 0) is 4.79 Å². The summed E-state index contributed by atoms with van der Waals surface area (Å²) in [4.78, 5) is 12.4. The second kappa shape index (κ2) is 6.00. The standard InChI is InChI=1S/C21H34O5/c1-19-7-5-13(23)9-12(19)3-4-14-15-6-8-21(26,17(25)11-22)20(15,2)10-16(24)18(14)19/h12-16,18,22-24,26H,3-11H2,1-2H3/t12-,13+,14?,15?,16-,18?,19-,20-,21-/m0/s1. The van der Waals surface area contributed by atoms with Gasteiger partial charge in [0, 0.05) is 5.41 Å². The van der Waals surface area contributed by atoms with Crippen molar-refractivity contribution in [2.75, 3.05) is 6.61 Å². The molecule has 0 spiro atoms. The van der Waals surface area contributed by atoms with Crippen LogP contribution in [0.4, 0.5) is 0 Å². The lowest BCUT2D eigenvalue weighted by molar-refractivity contribution is -0.202. The summed E-state index contributed by atoms with van der Waals surface area (Å²) in [5.41, 5.74) is -2.14. The summed E-state index contributed by atoms with van der Waals surface area (Å²) in [6, 6.07) is 0. The van der Waals surface area contributed by atoms with Gasteiger partial charge < -0.3 is 20.4 Å². The van der Waals surface area contributed by atoms with Gasteiger partial charge in [0.05, 0.1) is 12.2 Å². The SMILES string of the molecule is C[C@]12C[C@H](O)C3C(CC[C@H]4C[C@H](O)CC[C@]34C)C1CC[C@]2(O)C(=O)CO. The third-order valence-electron chi connectivity index (χ3n) is 9.33. The van der Waals surface area contributed by atoms with Crippen molar-refractivity contribution >= 4 is 5.78 Å². The third-order valence-corrected chi connectivity index (χ3v) is 9.33. The predicted octanol–water partition coefficient (Wildman–Crippen LogP) is 1.65. The van der Waals surface area contributed by atoms with Gasteiger partial charge >= 0.3 is 0 Å². The molecular formula is C21H34O5. The number of ketones is 1. The number of carbonyl (C=O) groups excluding carboxylic acids is 1. The van der Waals surface area contributed by atoms with Gasteiger partial charge in [-0.15, -0.1) is 0 Å². The first-order chi connectivity index (χ1) is 12.2. The van der Waals surface area contributed by atoms with Crippen LogP contribution in [0.25, 0.3) is 0 Å². The van der Waals surface area contributed by atoms with E-state index in [0.717, 1.165) is 38.5 Å². The highest BCUT2D eigenvalue weighted by Crippen LogP contribution is 2.68. The largest absolute Gasteiger partial charge is 0.393 e. The molecule has 0 aromatic rings. The number of fused-ring (bicyclic) bond motifs is 5. The quantitative estimate of drug-likeness (QED) is 0.596. The van der Waals surface area contributed by atoms with Gasteiger partial charge in [-0.2, -0.15) is 0 Å². The van der Waals surface area contributed by atoms with E-state index in [-0.39, 0.29) is 23.4 Å². The van der Waals surface area contributed by atoms with E-state index >= 15 is 0 Å². The molecule has 3 unspecified atom stereocenters. The Balaban J connectivity index is 1.69. The van der Waals surface area contributed by atoms with Crippen LogP contribution in [0.5, 0.6) is 0 Å². The summed E-state index contributed by atoms with van der Waals surface area (Å²) in [6.07, 6.45) is 5.48. The molecule has 148 valence electrons. The van der Waals surface area contributed by atoms with Crippen molar-refractivity contribution in [2.45, 2.75) is 83.0 Å². The van der Waals surface area contributed by atoms with Gasteiger partial charge in [0.1, 0.15) is 12.2 Å². The maximum Gasteiger partial charge on any atom is 0.190 e. The Kier molecular flexibility index (Phi) is 4.35. The minimum Gasteiger partial charge on any atom is -0.393 e. The Labute approximate surface area is 155 Å². The molecule has 4 N–H and O–H groups in total. The van der Waals surface area contributed by atoms with Gasteiger partial charge in [-0.05, 0) is 80.5 Å². The second-order valence-corrected chi connectivity index (χ2v) is 10.2. The maximum atomic E-state index is 12.4. The van der Waals surface area contributed by atoms with Crippen molar-refractivity contribution in [1.82, 2.24) is 0 Å². The zero-order chi connectivity index (χ0) is 18.9. The minimum absolute atomic E-state index is 0.0323. The molecule has 0 aromatic heterocycles. The van der Waals surface area contributed by atoms with Crippen molar-refractivity contribution in [1.29, 1.82) is 0 Å². The summed E-state index contributed by atoms with van der Waals surface area (Å²) < 4.78 is 0. The molecule has 4 aliphatic rings. The van der Waals surface area contributed by atoms with E-state index in [1.807, 2.05) is 6.92 Å². The van der Waals surface area contributed by atoms with E-state index in [1.54, 1.807) is 0 Å². The van der Waals surface area contributed by atoms with E-state index in [4.69, 9.17) is 0 Å². The van der Waals surface area contributed by atoms with Crippen LogP contribution in [-0.4, -0.2) is 50.6 Å². The van der Waals surface area contributed by atoms with Crippen LogP contribution < -0.4 is 0 Å². The number of rotatable bonds is 2. The van der Waals surface area contributed by atoms with E-state index in [1.165, 1.54) is 0 Å². The highest BCUT2D eigenvalue weighted by atomic mass is 16.3. The Morgan fingerprint density at radius 1 is 1.08 bits per heavy atom. The first kappa shape index (κ1) is 18.9. The van der Waals surface area contributed by atoms with Gasteiger partial charge in [-0.25, -0.2) is 0 Å². The number of hydrogen-bond donors (Lipinski definition) is 4. The first-order valence-electron chi connectivity index (χ1n) is 10.4. The minimum atomic E-state index is -1.52. The van der Waals surface area contributed by atoms with E-state index < -0.39 is 29.5 Å². The van der Waals surface area contributed by atoms with Gasteiger partial charge in [0.15, 0.2) is 5.78 Å². The molecule has 0 radical (unpaired) electrons. The molecule has 4 fully saturated rings. The Hall–Kier alpha value is -0.490. The van der Waals surface area contributed by atoms with Gasteiger partial charge in [0.2, 0.25) is 0 Å². The first-order valence-corrected chi connectivity index (χ1v) is 10.4. The summed E-state index contributed by atoms with van der Waals surface area (Å²) >= 11 is 0. The molecule has 4 rings (SSSR count). The normalized spacial score (nSPS) is 56.4. The Morgan fingerprint density at radius 2 is 1.81 bits per heavy atom. The summed E-state index contributed by atoms with van der Waals surface area (Å²) in [6.45, 7) is 3.61. The molecule has 0 heterocycles. The molecule has 4 aliphatic carbocycles. The summed E-state index contributed by atoms with van der Waals surface area (Å²) in [5.74, 6) is 0.653. The second-order valence-electron chi connectivity index (χ2n) is 10.2. The van der Waals surface area contributed by atoms with Crippen molar-refractivity contribution in [3.8, 4) is 0 Å². The number of hydrogen-bond acceptors (Lipinski definition) is 5. The zero-order valence-electron chi connectivity index (χ0n) is 16.0. The molecular weight excluding hydrogens is 332 g/mol. The van der Waals surface area contributed by atoms with Crippen molar-refractivity contribution in [2.24, 2.45) is 34.5 Å². The van der Waals surface area contributed by atoms with E-state index in [0.29, 0.717) is 24.7 Å². The molecule has 0 amide bonds. The van der Waals surface area contributed by atoms with E-state index in [9.17, 15) is 25.2 Å². The van der Waals surface area contributed by atoms with Crippen LogP contribution >= 0.6 is 0 Å². The fourth-order valence-corrected chi connectivity index (χ4v) is 7.95. The highest BCUT2D eigenvalue weighted by molar-refractivity contribution is 5.89. The maximum absolute atomic E-state index is 12.4. The third kappa shape index (κ3) is 2.27. The Morgan fingerprint density at radius 3 is 2.50 bits per heavy atom. The molecule has 0 bridgehead atoms. The summed E-state index contributed by atoms with van der Waals surface area (Å²) in [5, 5.41) is 41.9. The van der Waals surface area contributed by atoms with Crippen LogP contribution in [0, 0.1) is 34.5 Å². The average Bonchev–Trinajstić information content (AvgIpc) is 2.86. The lowest BCUT2D eigenvalue weighted by Crippen LogP contribution is -2.63. The van der Waals surface area contributed by atoms with Crippen LogP contribution in [0.3, 0.4) is 0 Å². The lowest BCUT2D eigenvalue weighted by atomic mass is 9.43. The summed E-state index contributed by atoms with van der Waals surface area (Å²) in [7, 11) is 0. The number of Topliss-reactive ketones (excluding diaryl/α,β-unsaturated/α-hetero) is 1. The van der Waals surface area contributed by atoms with E-state index in [2.05, 4.69) is 6.92 Å². The topological polar surface area (TPSA) is 98.0 Å². The zero-order valence-corrected chi connectivity index (χ0v) is 16.0. The molecule has 4 saturated carbocycles.